The van der Waals surface area contributed by atoms with Crippen LogP contribution >= 0.6 is 0 Å². The van der Waals surface area contributed by atoms with E-state index in [1.807, 2.05) is 24.4 Å². The van der Waals surface area contributed by atoms with Crippen LogP contribution in [0.4, 0.5) is 11.6 Å². The summed E-state index contributed by atoms with van der Waals surface area (Å²) < 4.78 is 1.65. The molecule has 2 atom stereocenters. The van der Waals surface area contributed by atoms with E-state index in [1.54, 1.807) is 36.3 Å². The molecule has 0 amide bonds. The van der Waals surface area contributed by atoms with Crippen LogP contribution in [-0.4, -0.2) is 44.7 Å². The first-order chi connectivity index (χ1) is 13.2. The van der Waals surface area contributed by atoms with Crippen LogP contribution < -0.4 is 15.4 Å². The van der Waals surface area contributed by atoms with Crippen molar-refractivity contribution >= 4 is 11.6 Å². The number of piperazine rings is 1. The minimum atomic E-state index is -0.0429. The Labute approximate surface area is 156 Å². The molecule has 27 heavy (non-hydrogen) atoms. The van der Waals surface area contributed by atoms with Gasteiger partial charge >= 0.3 is 0 Å². The minimum absolute atomic E-state index is 0.0429. The maximum atomic E-state index is 12.5. The first-order valence-electron chi connectivity index (χ1n) is 9.12. The van der Waals surface area contributed by atoms with Crippen molar-refractivity contribution in [2.24, 2.45) is 7.05 Å². The van der Waals surface area contributed by atoms with Gasteiger partial charge in [0.25, 0.3) is 5.56 Å². The Morgan fingerprint density at radius 3 is 2.48 bits per heavy atom. The predicted octanol–water partition coefficient (Wildman–Crippen LogP) is 1.70. The van der Waals surface area contributed by atoms with Crippen molar-refractivity contribution < 1.29 is 0 Å². The van der Waals surface area contributed by atoms with Gasteiger partial charge in [-0.25, -0.2) is 4.98 Å². The number of rotatable bonds is 3. The molecule has 2 unspecified atom stereocenters. The van der Waals surface area contributed by atoms with Gasteiger partial charge in [0.05, 0.1) is 23.6 Å². The second-order valence-electron chi connectivity index (χ2n) is 7.13. The smallest absolute Gasteiger partial charge is 0.255 e. The number of fused-ring (bicyclic) bond motifs is 2. The quantitative estimate of drug-likeness (QED) is 0.708. The molecule has 2 bridgehead atoms. The molecule has 2 fully saturated rings. The number of hydrogen-bond donors (Lipinski definition) is 0. The molecule has 3 aromatic rings. The topological polar surface area (TPSA) is 67.2 Å². The molecule has 0 radical (unpaired) electrons. The van der Waals surface area contributed by atoms with Crippen molar-refractivity contribution in [1.29, 1.82) is 0 Å². The average molecular weight is 360 g/mol. The van der Waals surface area contributed by atoms with Gasteiger partial charge in [-0.2, -0.15) is 0 Å². The summed E-state index contributed by atoms with van der Waals surface area (Å²) in [6.45, 7) is 1.78. The van der Waals surface area contributed by atoms with Crippen LogP contribution in [0.3, 0.4) is 0 Å². The van der Waals surface area contributed by atoms with E-state index in [9.17, 15) is 4.79 Å². The number of hydrogen-bond acceptors (Lipinski definition) is 6. The van der Waals surface area contributed by atoms with Gasteiger partial charge in [0.15, 0.2) is 0 Å². The summed E-state index contributed by atoms with van der Waals surface area (Å²) in [5.74, 6) is 0.743. The van der Waals surface area contributed by atoms with Crippen molar-refractivity contribution in [2.45, 2.75) is 18.5 Å². The third kappa shape index (κ3) is 2.66. The summed E-state index contributed by atoms with van der Waals surface area (Å²) >= 11 is 0. The Kier molecular flexibility index (Phi) is 3.67. The van der Waals surface area contributed by atoms with Gasteiger partial charge in [-0.1, -0.05) is 0 Å². The van der Waals surface area contributed by atoms with Crippen molar-refractivity contribution in [3.63, 3.8) is 0 Å². The molecule has 136 valence electrons. The van der Waals surface area contributed by atoms with Gasteiger partial charge in [-0.15, -0.1) is 0 Å². The van der Waals surface area contributed by atoms with Crippen molar-refractivity contribution in [3.05, 3.63) is 65.5 Å². The van der Waals surface area contributed by atoms with Crippen LogP contribution in [0.1, 0.15) is 6.42 Å². The lowest BCUT2D eigenvalue weighted by atomic mass is 10.2. The molecular weight excluding hydrogens is 340 g/mol. The largest absolute Gasteiger partial charge is 0.363 e. The van der Waals surface area contributed by atoms with Gasteiger partial charge in [-0.3, -0.25) is 19.3 Å². The molecule has 0 saturated carbocycles. The Balaban J connectivity index is 1.47. The Bertz CT molecular complexity index is 1020. The molecule has 2 aliphatic rings. The Hall–Kier alpha value is -3.22. The lowest BCUT2D eigenvalue weighted by Gasteiger charge is -2.36. The SMILES string of the molecule is Cn1c(N2CC3CC2CN3c2cccnc2)nc(-c2ccncc2)cc1=O. The maximum absolute atomic E-state index is 12.5. The van der Waals surface area contributed by atoms with E-state index in [0.717, 1.165) is 36.7 Å². The molecule has 3 aromatic heterocycles. The maximum Gasteiger partial charge on any atom is 0.255 e. The van der Waals surface area contributed by atoms with Crippen molar-refractivity contribution in [1.82, 2.24) is 19.5 Å². The van der Waals surface area contributed by atoms with Crippen LogP contribution in [0.25, 0.3) is 11.3 Å². The lowest BCUT2D eigenvalue weighted by Crippen LogP contribution is -2.48. The first-order valence-corrected chi connectivity index (χ1v) is 9.12. The van der Waals surface area contributed by atoms with Crippen LogP contribution in [0, 0.1) is 0 Å². The van der Waals surface area contributed by atoms with E-state index >= 15 is 0 Å². The van der Waals surface area contributed by atoms with Gasteiger partial charge in [0, 0.05) is 56.4 Å². The zero-order valence-electron chi connectivity index (χ0n) is 15.1. The van der Waals surface area contributed by atoms with E-state index in [1.165, 1.54) is 0 Å². The van der Waals surface area contributed by atoms with E-state index in [-0.39, 0.29) is 5.56 Å². The average Bonchev–Trinajstić information content (AvgIpc) is 3.32. The van der Waals surface area contributed by atoms with Crippen LogP contribution in [0.15, 0.2) is 59.9 Å². The van der Waals surface area contributed by atoms with E-state index in [0.29, 0.717) is 17.8 Å². The fraction of sp³-hybridized carbons (Fsp3) is 0.300. The summed E-state index contributed by atoms with van der Waals surface area (Å²) in [5.41, 5.74) is 2.73. The van der Waals surface area contributed by atoms with Crippen molar-refractivity contribution in [2.75, 3.05) is 22.9 Å². The summed E-state index contributed by atoms with van der Waals surface area (Å²) in [5, 5.41) is 0. The van der Waals surface area contributed by atoms with Crippen molar-refractivity contribution in [3.8, 4) is 11.3 Å². The zero-order chi connectivity index (χ0) is 18.4. The monoisotopic (exact) mass is 360 g/mol. The molecular formula is C20H20N6O. The van der Waals surface area contributed by atoms with Crippen LogP contribution in [-0.2, 0) is 7.05 Å². The fourth-order valence-corrected chi connectivity index (χ4v) is 4.21. The predicted molar refractivity (Wildman–Crippen MR) is 104 cm³/mol. The highest BCUT2D eigenvalue weighted by atomic mass is 16.1. The highest BCUT2D eigenvalue weighted by molar-refractivity contribution is 5.60. The second-order valence-corrected chi connectivity index (χ2v) is 7.13. The number of anilines is 2. The molecule has 2 saturated heterocycles. The third-order valence-corrected chi connectivity index (χ3v) is 5.56. The molecule has 0 aliphatic carbocycles. The van der Waals surface area contributed by atoms with Gasteiger partial charge < -0.3 is 9.80 Å². The Morgan fingerprint density at radius 1 is 1.00 bits per heavy atom. The third-order valence-electron chi connectivity index (χ3n) is 5.56. The number of pyridine rings is 2. The first kappa shape index (κ1) is 16.0. The minimum Gasteiger partial charge on any atom is -0.363 e. The summed E-state index contributed by atoms with van der Waals surface area (Å²) in [7, 11) is 1.80. The molecule has 7 nitrogen and oxygen atoms in total. The number of aromatic nitrogens is 4. The Morgan fingerprint density at radius 2 is 1.78 bits per heavy atom. The summed E-state index contributed by atoms with van der Waals surface area (Å²) in [4.78, 5) is 30.4. The molecule has 0 aromatic carbocycles. The van der Waals surface area contributed by atoms with E-state index < -0.39 is 0 Å². The molecule has 2 aliphatic heterocycles. The summed E-state index contributed by atoms with van der Waals surface area (Å²) in [6, 6.07) is 10.2. The number of nitrogens with zero attached hydrogens (tertiary/aromatic N) is 6. The highest BCUT2D eigenvalue weighted by Gasteiger charge is 2.44. The molecule has 7 heteroatoms. The second kappa shape index (κ2) is 6.19. The molecule has 5 heterocycles. The van der Waals surface area contributed by atoms with E-state index in [4.69, 9.17) is 4.98 Å². The lowest BCUT2D eigenvalue weighted by molar-refractivity contribution is 0.614. The van der Waals surface area contributed by atoms with E-state index in [2.05, 4.69) is 25.8 Å². The van der Waals surface area contributed by atoms with Gasteiger partial charge in [0.2, 0.25) is 5.95 Å². The van der Waals surface area contributed by atoms with Gasteiger partial charge in [0.1, 0.15) is 0 Å². The standard InChI is InChI=1S/C20H20N6O/c1-24-19(27)10-18(14-4-7-21-8-5-14)23-20(24)26-13-16-9-17(26)12-25(16)15-3-2-6-22-11-15/h2-8,10-11,16-17H,9,12-13H2,1H3. The fourth-order valence-electron chi connectivity index (χ4n) is 4.21. The van der Waals surface area contributed by atoms with Crippen LogP contribution in [0.5, 0.6) is 0 Å². The van der Waals surface area contributed by atoms with Gasteiger partial charge in [-0.05, 0) is 30.7 Å². The summed E-state index contributed by atoms with van der Waals surface area (Å²) in [6.07, 6.45) is 8.23. The zero-order valence-corrected chi connectivity index (χ0v) is 15.1. The normalized spacial score (nSPS) is 21.1. The molecule has 0 spiro atoms. The highest BCUT2D eigenvalue weighted by Crippen LogP contribution is 2.36. The van der Waals surface area contributed by atoms with Crippen LogP contribution in [0.2, 0.25) is 0 Å². The molecule has 0 N–H and O–H groups in total. The molecule has 5 rings (SSSR count).